The van der Waals surface area contributed by atoms with Crippen LogP contribution in [0.15, 0.2) is 30.3 Å². The summed E-state index contributed by atoms with van der Waals surface area (Å²) >= 11 is 0. The number of amides is 6. The molecule has 0 aliphatic carbocycles. The molecule has 5 atom stereocenters. The van der Waals surface area contributed by atoms with Crippen molar-refractivity contribution in [3.63, 3.8) is 0 Å². The van der Waals surface area contributed by atoms with Crippen molar-refractivity contribution < 1.29 is 33.9 Å². The van der Waals surface area contributed by atoms with Gasteiger partial charge in [0, 0.05) is 38.0 Å². The Morgan fingerprint density at radius 1 is 1.02 bits per heavy atom. The van der Waals surface area contributed by atoms with Gasteiger partial charge in [0.2, 0.25) is 17.6 Å². The molecule has 2 aliphatic rings. The van der Waals surface area contributed by atoms with Gasteiger partial charge in [-0.25, -0.2) is 4.79 Å². The third kappa shape index (κ3) is 9.99. The van der Waals surface area contributed by atoms with E-state index in [1.807, 2.05) is 61.5 Å². The van der Waals surface area contributed by atoms with Crippen molar-refractivity contribution in [3.05, 3.63) is 35.9 Å². The topological polar surface area (TPSA) is 186 Å². The zero-order chi connectivity index (χ0) is 35.3. The van der Waals surface area contributed by atoms with Crippen LogP contribution in [0.25, 0.3) is 0 Å². The zero-order valence-electron chi connectivity index (χ0n) is 28.9. The monoisotopic (exact) mass is 656 g/mol. The molecule has 260 valence electrons. The van der Waals surface area contributed by atoms with Crippen molar-refractivity contribution in [1.29, 1.82) is 0 Å². The first-order chi connectivity index (χ1) is 21.7. The number of nitrogens with one attached hydrogen (secondary N) is 5. The van der Waals surface area contributed by atoms with E-state index in [1.165, 1.54) is 4.90 Å². The number of carbonyl (C=O) groups is 6. The molecule has 13 nitrogen and oxygen atoms in total. The fourth-order valence-electron chi connectivity index (χ4n) is 5.86. The lowest BCUT2D eigenvalue weighted by Gasteiger charge is -2.36. The fraction of sp³-hybridized carbons (Fsp3) is 0.647. The van der Waals surface area contributed by atoms with Gasteiger partial charge in [-0.3, -0.25) is 24.0 Å². The summed E-state index contributed by atoms with van der Waals surface area (Å²) in [5.41, 5.74) is -2.50. The Labute approximate surface area is 277 Å². The number of Topliss-reactive ketones (excluding diaryl/α,β-unsaturated/α-hetero) is 1. The Balaban J connectivity index is 1.88. The van der Waals surface area contributed by atoms with Crippen molar-refractivity contribution >= 4 is 35.4 Å². The van der Waals surface area contributed by atoms with E-state index in [0.29, 0.717) is 0 Å². The number of benzene rings is 1. The van der Waals surface area contributed by atoms with Crippen molar-refractivity contribution in [3.8, 4) is 0 Å². The molecule has 0 bridgehead atoms. The molecule has 47 heavy (non-hydrogen) atoms. The average molecular weight is 657 g/mol. The standard InChI is InChI=1S/C34H52N6O7/c1-20(2)22-16-24(40(19-22)29(44)26(32(3,4)5)38-31(46)39-33(6,7)8)27(42)37-23(17-34(47)14-15-35-30(34)45)25(41)28(43)36-18-21-12-10-9-11-13-21/h9-13,20,22-24,26,47H,14-19H2,1-8H3,(H,35,45)(H,36,43)(H,37,42)(H2,38,39,46)/t22-,23+,24+,26-,34+/m1/s1. The van der Waals surface area contributed by atoms with E-state index < -0.39 is 76.5 Å². The number of rotatable bonds is 11. The van der Waals surface area contributed by atoms with Gasteiger partial charge in [-0.2, -0.15) is 0 Å². The number of nitrogens with zero attached hydrogens (tertiary/aromatic N) is 1. The summed E-state index contributed by atoms with van der Waals surface area (Å²) in [6.07, 6.45) is -0.238. The number of hydrogen-bond acceptors (Lipinski definition) is 7. The lowest BCUT2D eigenvalue weighted by molar-refractivity contribution is -0.146. The van der Waals surface area contributed by atoms with Crippen LogP contribution in [0.3, 0.4) is 0 Å². The van der Waals surface area contributed by atoms with Gasteiger partial charge in [0.1, 0.15) is 23.7 Å². The quantitative estimate of drug-likeness (QED) is 0.194. The Hall–Kier alpha value is -4.00. The van der Waals surface area contributed by atoms with Crippen LogP contribution in [0.2, 0.25) is 0 Å². The largest absolute Gasteiger partial charge is 0.380 e. The van der Waals surface area contributed by atoms with Gasteiger partial charge in [0.05, 0.1) is 0 Å². The summed E-state index contributed by atoms with van der Waals surface area (Å²) in [6, 6.07) is 4.86. The predicted octanol–water partition coefficient (Wildman–Crippen LogP) is 1.38. The van der Waals surface area contributed by atoms with Crippen LogP contribution in [0.4, 0.5) is 4.79 Å². The molecule has 13 heteroatoms. The Morgan fingerprint density at radius 3 is 2.19 bits per heavy atom. The smallest absolute Gasteiger partial charge is 0.315 e. The van der Waals surface area contributed by atoms with Crippen LogP contribution in [0.1, 0.15) is 80.2 Å². The first-order valence-corrected chi connectivity index (χ1v) is 16.3. The third-order valence-corrected chi connectivity index (χ3v) is 8.68. The van der Waals surface area contributed by atoms with Gasteiger partial charge in [0.25, 0.3) is 11.8 Å². The highest BCUT2D eigenvalue weighted by Crippen LogP contribution is 2.32. The predicted molar refractivity (Wildman–Crippen MR) is 176 cm³/mol. The Bertz CT molecular complexity index is 1340. The third-order valence-electron chi connectivity index (χ3n) is 8.68. The van der Waals surface area contributed by atoms with E-state index in [4.69, 9.17) is 0 Å². The first kappa shape index (κ1) is 37.5. The number of aliphatic hydroxyl groups is 1. The maximum atomic E-state index is 14.2. The lowest BCUT2D eigenvalue weighted by Crippen LogP contribution is -2.61. The highest BCUT2D eigenvalue weighted by atomic mass is 16.3. The Morgan fingerprint density at radius 2 is 1.66 bits per heavy atom. The number of likely N-dealkylation sites (tertiary alicyclic amines) is 1. The highest BCUT2D eigenvalue weighted by molar-refractivity contribution is 6.38. The second-order valence-electron chi connectivity index (χ2n) is 15.2. The second kappa shape index (κ2) is 14.8. The molecule has 2 heterocycles. The normalized spacial score (nSPS) is 22.7. The number of urea groups is 1. The Kier molecular flexibility index (Phi) is 11.8. The summed E-state index contributed by atoms with van der Waals surface area (Å²) in [5, 5.41) is 24.4. The lowest BCUT2D eigenvalue weighted by atomic mass is 9.85. The molecule has 1 aromatic rings. The molecule has 6 N–H and O–H groups in total. The molecule has 1 aromatic carbocycles. The van der Waals surface area contributed by atoms with E-state index in [-0.39, 0.29) is 44.3 Å². The number of ketones is 1. The molecule has 0 radical (unpaired) electrons. The molecule has 0 aromatic heterocycles. The van der Waals surface area contributed by atoms with Crippen molar-refractivity contribution in [2.45, 2.75) is 110 Å². The van der Waals surface area contributed by atoms with Crippen LogP contribution in [-0.2, 0) is 30.5 Å². The molecule has 2 fully saturated rings. The van der Waals surface area contributed by atoms with E-state index in [0.717, 1.165) is 5.56 Å². The molecule has 0 spiro atoms. The summed E-state index contributed by atoms with van der Waals surface area (Å²) in [7, 11) is 0. The molecule has 2 saturated heterocycles. The van der Waals surface area contributed by atoms with Crippen LogP contribution < -0.4 is 26.6 Å². The van der Waals surface area contributed by atoms with Gasteiger partial charge in [-0.15, -0.1) is 0 Å². The zero-order valence-corrected chi connectivity index (χ0v) is 28.9. The molecule has 0 unspecified atom stereocenters. The van der Waals surface area contributed by atoms with E-state index in [1.54, 1.807) is 24.3 Å². The fourth-order valence-corrected chi connectivity index (χ4v) is 5.86. The molecule has 6 amide bonds. The maximum absolute atomic E-state index is 14.2. The summed E-state index contributed by atoms with van der Waals surface area (Å²) in [6.45, 7) is 15.3. The summed E-state index contributed by atoms with van der Waals surface area (Å²) in [4.78, 5) is 81.5. The van der Waals surface area contributed by atoms with E-state index in [9.17, 15) is 33.9 Å². The maximum Gasteiger partial charge on any atom is 0.315 e. The van der Waals surface area contributed by atoms with Gasteiger partial charge in [-0.05, 0) is 50.0 Å². The van der Waals surface area contributed by atoms with Crippen molar-refractivity contribution in [2.24, 2.45) is 17.3 Å². The average Bonchev–Trinajstić information content (AvgIpc) is 3.56. The number of carbonyl (C=O) groups excluding carboxylic acids is 6. The van der Waals surface area contributed by atoms with Gasteiger partial charge in [-0.1, -0.05) is 65.0 Å². The molecule has 2 aliphatic heterocycles. The number of hydrogen-bond donors (Lipinski definition) is 6. The van der Waals surface area contributed by atoms with Gasteiger partial charge >= 0.3 is 6.03 Å². The summed E-state index contributed by atoms with van der Waals surface area (Å²) < 4.78 is 0. The minimum absolute atomic E-state index is 0.00383. The van der Waals surface area contributed by atoms with Crippen LogP contribution >= 0.6 is 0 Å². The first-order valence-electron chi connectivity index (χ1n) is 16.3. The van der Waals surface area contributed by atoms with E-state index in [2.05, 4.69) is 26.6 Å². The minimum atomic E-state index is -1.97. The minimum Gasteiger partial charge on any atom is -0.380 e. The summed E-state index contributed by atoms with van der Waals surface area (Å²) in [5.74, 6) is -3.80. The van der Waals surface area contributed by atoms with Crippen molar-refractivity contribution in [2.75, 3.05) is 13.1 Å². The van der Waals surface area contributed by atoms with E-state index >= 15 is 0 Å². The van der Waals surface area contributed by atoms with Crippen molar-refractivity contribution in [1.82, 2.24) is 31.5 Å². The molecule has 3 rings (SSSR count). The van der Waals surface area contributed by atoms with Crippen LogP contribution in [0, 0.1) is 17.3 Å². The molecular formula is C34H52N6O7. The van der Waals surface area contributed by atoms with Gasteiger partial charge < -0.3 is 36.6 Å². The molecular weight excluding hydrogens is 604 g/mol. The SMILES string of the molecule is CC(C)[C@@H]1C[C@@H](C(=O)N[C@@H](C[C@@]2(O)CCNC2=O)C(=O)C(=O)NCc2ccccc2)N(C(=O)[C@@H](NC(=O)NC(C)(C)C)C(C)(C)C)C1. The van der Waals surface area contributed by atoms with Gasteiger partial charge in [0.15, 0.2) is 0 Å². The van der Waals surface area contributed by atoms with Crippen LogP contribution in [-0.4, -0.2) is 87.8 Å². The van der Waals surface area contributed by atoms with Crippen LogP contribution in [0.5, 0.6) is 0 Å². The molecule has 0 saturated carbocycles. The second-order valence-corrected chi connectivity index (χ2v) is 15.2. The highest BCUT2D eigenvalue weighted by Gasteiger charge is 2.48.